The van der Waals surface area contributed by atoms with Crippen LogP contribution in [-0.4, -0.2) is 35.0 Å². The average Bonchev–Trinajstić information content (AvgIpc) is 2.46. The van der Waals surface area contributed by atoms with E-state index in [0.29, 0.717) is 11.5 Å². The lowest BCUT2D eigenvalue weighted by Gasteiger charge is -2.38. The summed E-state index contributed by atoms with van der Waals surface area (Å²) in [6, 6.07) is 6.93. The molecule has 0 radical (unpaired) electrons. The number of nitrogens with zero attached hydrogens (tertiary/aromatic N) is 1. The van der Waals surface area contributed by atoms with Gasteiger partial charge in [-0.1, -0.05) is 26.0 Å². The number of carboxylic acids is 1. The summed E-state index contributed by atoms with van der Waals surface area (Å²) in [7, 11) is 1.87. The smallest absolute Gasteiger partial charge is 0.335 e. The van der Waals surface area contributed by atoms with Crippen molar-refractivity contribution in [2.24, 2.45) is 5.41 Å². The molecular weight excluding hydrogens is 278 g/mol. The minimum atomic E-state index is -0.961. The number of carboxylic acid groups (broad SMARTS) is 1. The fourth-order valence-electron chi connectivity index (χ4n) is 3.09. The Hall–Kier alpha value is -1.84. The summed E-state index contributed by atoms with van der Waals surface area (Å²) < 4.78 is 0. The topological polar surface area (TPSA) is 57.6 Å². The maximum atomic E-state index is 12.4. The first kappa shape index (κ1) is 16.5. The normalized spacial score (nSPS) is 18.0. The number of carbonyl (C=O) groups excluding carboxylic acids is 1. The zero-order valence-electron chi connectivity index (χ0n) is 13.6. The van der Waals surface area contributed by atoms with Crippen LogP contribution in [0.15, 0.2) is 24.3 Å². The van der Waals surface area contributed by atoms with E-state index in [1.54, 1.807) is 18.2 Å². The minimum absolute atomic E-state index is 0.0623. The molecule has 0 aliphatic heterocycles. The molecule has 0 saturated heterocycles. The van der Waals surface area contributed by atoms with Crippen LogP contribution in [0, 0.1) is 5.41 Å². The molecule has 0 bridgehead atoms. The Balaban J connectivity index is 1.97. The van der Waals surface area contributed by atoms with Gasteiger partial charge in [-0.2, -0.15) is 0 Å². The maximum Gasteiger partial charge on any atom is 0.335 e. The van der Waals surface area contributed by atoms with Crippen LogP contribution >= 0.6 is 0 Å². The third-order valence-corrected chi connectivity index (χ3v) is 4.78. The van der Waals surface area contributed by atoms with Gasteiger partial charge in [0.15, 0.2) is 0 Å². The molecule has 1 amide bonds. The molecule has 0 atom stereocenters. The third-order valence-electron chi connectivity index (χ3n) is 4.78. The molecule has 0 spiro atoms. The number of likely N-dealkylation sites (N-methyl/N-ethyl adjacent to an activating group) is 1. The maximum absolute atomic E-state index is 12.4. The predicted molar refractivity (Wildman–Crippen MR) is 85.9 cm³/mol. The van der Waals surface area contributed by atoms with Crippen LogP contribution in [0.3, 0.4) is 0 Å². The average molecular weight is 303 g/mol. The molecule has 0 unspecified atom stereocenters. The fraction of sp³-hybridized carbons (Fsp3) is 0.556. The molecule has 1 fully saturated rings. The van der Waals surface area contributed by atoms with E-state index in [1.165, 1.54) is 0 Å². The molecule has 120 valence electrons. The molecule has 2 rings (SSSR count). The minimum Gasteiger partial charge on any atom is -0.478 e. The van der Waals surface area contributed by atoms with Gasteiger partial charge in [-0.15, -0.1) is 0 Å². The van der Waals surface area contributed by atoms with Gasteiger partial charge >= 0.3 is 5.97 Å². The molecule has 4 heteroatoms. The molecule has 0 heterocycles. The highest BCUT2D eigenvalue weighted by molar-refractivity contribution is 5.88. The van der Waals surface area contributed by atoms with Crippen molar-refractivity contribution in [1.29, 1.82) is 0 Å². The summed E-state index contributed by atoms with van der Waals surface area (Å²) in [4.78, 5) is 25.3. The Morgan fingerprint density at radius 1 is 1.27 bits per heavy atom. The highest BCUT2D eigenvalue weighted by Crippen LogP contribution is 2.36. The Bertz CT molecular complexity index is 555. The summed E-state index contributed by atoms with van der Waals surface area (Å²) in [6.45, 7) is 4.56. The number of benzene rings is 1. The molecular formula is C18H25NO3. The van der Waals surface area contributed by atoms with Gasteiger partial charge < -0.3 is 10.0 Å². The lowest BCUT2D eigenvalue weighted by molar-refractivity contribution is -0.132. The number of amides is 1. The summed E-state index contributed by atoms with van der Waals surface area (Å²) in [5, 5.41) is 9.01. The monoisotopic (exact) mass is 303 g/mol. The molecule has 1 aliphatic carbocycles. The Morgan fingerprint density at radius 2 is 1.91 bits per heavy atom. The highest BCUT2D eigenvalue weighted by atomic mass is 16.4. The molecule has 1 saturated carbocycles. The van der Waals surface area contributed by atoms with E-state index in [1.807, 2.05) is 18.0 Å². The second-order valence-electron chi connectivity index (χ2n) is 7.08. The fourth-order valence-corrected chi connectivity index (χ4v) is 3.09. The van der Waals surface area contributed by atoms with Gasteiger partial charge in [0.25, 0.3) is 0 Å². The van der Waals surface area contributed by atoms with Crippen LogP contribution in [0.5, 0.6) is 0 Å². The van der Waals surface area contributed by atoms with Crippen LogP contribution in [0.25, 0.3) is 0 Å². The summed E-state index contributed by atoms with van der Waals surface area (Å²) in [5.74, 6) is -0.899. The summed E-state index contributed by atoms with van der Waals surface area (Å²) in [6.07, 6.45) is 4.64. The van der Waals surface area contributed by atoms with Crippen molar-refractivity contribution in [2.45, 2.75) is 52.0 Å². The lowest BCUT2D eigenvalue weighted by Crippen LogP contribution is -2.41. The van der Waals surface area contributed by atoms with Crippen LogP contribution in [0.2, 0.25) is 0 Å². The first-order valence-electron chi connectivity index (χ1n) is 7.86. The van der Waals surface area contributed by atoms with Crippen molar-refractivity contribution < 1.29 is 14.7 Å². The van der Waals surface area contributed by atoms with E-state index in [0.717, 1.165) is 31.2 Å². The zero-order chi connectivity index (χ0) is 16.3. The van der Waals surface area contributed by atoms with Crippen molar-refractivity contribution in [2.75, 3.05) is 7.05 Å². The standard InChI is InChI=1S/C18H25NO3/c1-18(2)9-7-15(8-10-18)19(3)16(20)12-13-5-4-6-14(11-13)17(21)22/h4-6,11,15H,7-10,12H2,1-3H3,(H,21,22). The Labute approximate surface area is 132 Å². The Kier molecular flexibility index (Phi) is 4.89. The van der Waals surface area contributed by atoms with E-state index in [2.05, 4.69) is 13.8 Å². The van der Waals surface area contributed by atoms with Crippen LogP contribution in [-0.2, 0) is 11.2 Å². The second kappa shape index (κ2) is 6.51. The van der Waals surface area contributed by atoms with Crippen molar-refractivity contribution in [3.63, 3.8) is 0 Å². The third kappa shape index (κ3) is 4.09. The Morgan fingerprint density at radius 3 is 2.50 bits per heavy atom. The van der Waals surface area contributed by atoms with Gasteiger partial charge in [0.1, 0.15) is 0 Å². The van der Waals surface area contributed by atoms with Gasteiger partial charge in [-0.05, 0) is 48.8 Å². The van der Waals surface area contributed by atoms with Crippen molar-refractivity contribution >= 4 is 11.9 Å². The number of aromatic carboxylic acids is 1. The molecule has 22 heavy (non-hydrogen) atoms. The number of hydrogen-bond donors (Lipinski definition) is 1. The van der Waals surface area contributed by atoms with Crippen LogP contribution in [0.4, 0.5) is 0 Å². The highest BCUT2D eigenvalue weighted by Gasteiger charge is 2.30. The predicted octanol–water partition coefficient (Wildman–Crippen LogP) is 3.35. The van der Waals surface area contributed by atoms with Crippen molar-refractivity contribution in [3.05, 3.63) is 35.4 Å². The number of hydrogen-bond acceptors (Lipinski definition) is 2. The van der Waals surface area contributed by atoms with E-state index >= 15 is 0 Å². The zero-order valence-corrected chi connectivity index (χ0v) is 13.6. The van der Waals surface area contributed by atoms with Gasteiger partial charge in [0.05, 0.1) is 12.0 Å². The molecule has 1 aromatic rings. The largest absolute Gasteiger partial charge is 0.478 e. The van der Waals surface area contributed by atoms with Gasteiger partial charge in [-0.3, -0.25) is 4.79 Å². The van der Waals surface area contributed by atoms with E-state index < -0.39 is 5.97 Å². The SMILES string of the molecule is CN(C(=O)Cc1cccc(C(=O)O)c1)C1CCC(C)(C)CC1. The quantitative estimate of drug-likeness (QED) is 0.928. The number of rotatable bonds is 4. The molecule has 1 aliphatic rings. The summed E-state index contributed by atoms with van der Waals surface area (Å²) >= 11 is 0. The van der Waals surface area contributed by atoms with E-state index in [9.17, 15) is 9.59 Å². The number of carbonyl (C=O) groups is 2. The first-order valence-corrected chi connectivity index (χ1v) is 7.86. The van der Waals surface area contributed by atoms with Crippen LogP contribution in [0.1, 0.15) is 55.5 Å². The van der Waals surface area contributed by atoms with E-state index in [-0.39, 0.29) is 17.9 Å². The van der Waals surface area contributed by atoms with Gasteiger partial charge in [0.2, 0.25) is 5.91 Å². The molecule has 4 nitrogen and oxygen atoms in total. The summed E-state index contributed by atoms with van der Waals surface area (Å²) in [5.41, 5.74) is 1.37. The molecule has 0 aromatic heterocycles. The van der Waals surface area contributed by atoms with Gasteiger partial charge in [0, 0.05) is 13.1 Å². The van der Waals surface area contributed by atoms with Crippen molar-refractivity contribution in [3.8, 4) is 0 Å². The van der Waals surface area contributed by atoms with Crippen LogP contribution < -0.4 is 0 Å². The van der Waals surface area contributed by atoms with E-state index in [4.69, 9.17) is 5.11 Å². The second-order valence-corrected chi connectivity index (χ2v) is 7.08. The van der Waals surface area contributed by atoms with Crippen molar-refractivity contribution in [1.82, 2.24) is 4.90 Å². The molecule has 1 N–H and O–H groups in total. The molecule has 1 aromatic carbocycles. The van der Waals surface area contributed by atoms with Gasteiger partial charge in [-0.25, -0.2) is 4.79 Å². The first-order chi connectivity index (χ1) is 10.3. The lowest BCUT2D eigenvalue weighted by atomic mass is 9.75.